The maximum Gasteiger partial charge on any atom is 0.407 e. The van der Waals surface area contributed by atoms with E-state index in [0.717, 1.165) is 12.0 Å². The van der Waals surface area contributed by atoms with E-state index in [-0.39, 0.29) is 81.0 Å². The third-order valence-corrected chi connectivity index (χ3v) is 12.3. The Morgan fingerprint density at radius 2 is 1.64 bits per heavy atom. The monoisotopic (exact) mass is 983 g/mol. The van der Waals surface area contributed by atoms with E-state index in [1.807, 2.05) is 19.9 Å². The van der Waals surface area contributed by atoms with Gasteiger partial charge in [0.1, 0.15) is 36.6 Å². The number of ether oxygens (including phenoxy) is 5. The summed E-state index contributed by atoms with van der Waals surface area (Å²) in [4.78, 5) is 85.8. The highest BCUT2D eigenvalue weighted by atomic mass is 16.6. The lowest BCUT2D eigenvalue weighted by Gasteiger charge is -2.39. The second kappa shape index (κ2) is 27.5. The predicted molar refractivity (Wildman–Crippen MR) is 258 cm³/mol. The molecule has 21 nitrogen and oxygen atoms in total. The molecule has 70 heavy (non-hydrogen) atoms. The lowest BCUT2D eigenvalue weighted by molar-refractivity contribution is -0.145. The van der Waals surface area contributed by atoms with Gasteiger partial charge >= 0.3 is 18.1 Å². The summed E-state index contributed by atoms with van der Waals surface area (Å²) in [5.41, 5.74) is 12.3. The van der Waals surface area contributed by atoms with E-state index in [4.69, 9.17) is 35.2 Å². The molecule has 4 rings (SSSR count). The molecule has 7 amide bonds. The average molecular weight is 983 g/mol. The van der Waals surface area contributed by atoms with Gasteiger partial charge in [-0.05, 0) is 82.1 Å². The molecule has 3 fully saturated rings. The van der Waals surface area contributed by atoms with Crippen LogP contribution in [0.3, 0.4) is 0 Å². The number of epoxide rings is 1. The Labute approximate surface area is 410 Å². The normalized spacial score (nSPS) is 25.6. The Hall–Kier alpha value is -5.87. The summed E-state index contributed by atoms with van der Waals surface area (Å²) in [5, 5.41) is 27.4. The number of allylic oxidation sites excluding steroid dienone is 2. The van der Waals surface area contributed by atoms with E-state index in [0.29, 0.717) is 37.1 Å². The number of rotatable bonds is 24. The highest BCUT2D eigenvalue weighted by molar-refractivity contribution is 5.98. The molecule has 0 saturated carbocycles. The van der Waals surface area contributed by atoms with Gasteiger partial charge in [-0.25, -0.2) is 9.59 Å². The van der Waals surface area contributed by atoms with E-state index in [2.05, 4.69) is 44.9 Å². The van der Waals surface area contributed by atoms with Gasteiger partial charge in [0.2, 0.25) is 23.6 Å². The molecule has 3 aliphatic rings. The number of carbonyl (C=O) groups is 7. The average Bonchev–Trinajstić information content (AvgIpc) is 4.08. The lowest BCUT2D eigenvalue weighted by atomic mass is 9.87. The van der Waals surface area contributed by atoms with E-state index < -0.39 is 72.0 Å². The number of alkyl carbamates (subject to hydrolysis) is 1. The van der Waals surface area contributed by atoms with Crippen LogP contribution in [0.25, 0.3) is 0 Å². The van der Waals surface area contributed by atoms with Crippen molar-refractivity contribution < 1.29 is 62.4 Å². The minimum Gasteiger partial charge on any atom is -0.459 e. The largest absolute Gasteiger partial charge is 0.459 e. The second-order valence-corrected chi connectivity index (χ2v) is 18.7. The van der Waals surface area contributed by atoms with Gasteiger partial charge in [0.25, 0.3) is 0 Å². The van der Waals surface area contributed by atoms with Crippen molar-refractivity contribution in [1.82, 2.24) is 26.6 Å². The van der Waals surface area contributed by atoms with Gasteiger partial charge in [-0.3, -0.25) is 24.0 Å². The van der Waals surface area contributed by atoms with Gasteiger partial charge in [0, 0.05) is 44.7 Å². The Bertz CT molecular complexity index is 2040. The highest BCUT2D eigenvalue weighted by Crippen LogP contribution is 2.43. The number of benzene rings is 1. The number of nitrogens with one attached hydrogen (secondary N) is 6. The number of amides is 7. The van der Waals surface area contributed by atoms with Gasteiger partial charge in [-0.15, -0.1) is 0 Å². The first-order valence-corrected chi connectivity index (χ1v) is 23.9. The molecule has 1 aromatic rings. The first-order chi connectivity index (χ1) is 33.1. The highest BCUT2D eigenvalue weighted by Gasteiger charge is 2.58. The van der Waals surface area contributed by atoms with Crippen LogP contribution in [0.15, 0.2) is 60.2 Å². The smallest absolute Gasteiger partial charge is 0.407 e. The number of hydrogen-bond donors (Lipinski definition) is 9. The first kappa shape index (κ1) is 56.7. The molecule has 0 aliphatic carbocycles. The van der Waals surface area contributed by atoms with Gasteiger partial charge in [-0.1, -0.05) is 56.7 Å². The predicted octanol–water partition coefficient (Wildman–Crippen LogP) is 2.26. The molecule has 11 N–H and O–H groups in total. The Balaban J connectivity index is 1.15. The first-order valence-electron chi connectivity index (χ1n) is 23.9. The van der Waals surface area contributed by atoms with Crippen molar-refractivity contribution in [2.45, 2.75) is 154 Å². The molecule has 3 aliphatic heterocycles. The number of aliphatic hydroxyl groups is 1. The Kier molecular flexibility index (Phi) is 22.3. The van der Waals surface area contributed by atoms with Gasteiger partial charge < -0.3 is 72.2 Å². The van der Waals surface area contributed by atoms with E-state index in [1.54, 1.807) is 51.1 Å². The van der Waals surface area contributed by atoms with Crippen LogP contribution in [-0.4, -0.2) is 133 Å². The molecule has 388 valence electrons. The molecule has 0 aromatic heterocycles. The summed E-state index contributed by atoms with van der Waals surface area (Å²) in [6.45, 7) is 13.3. The molecule has 0 bridgehead atoms. The number of nitrogens with two attached hydrogens (primary N) is 2. The summed E-state index contributed by atoms with van der Waals surface area (Å²) in [5.74, 6) is -1.94. The maximum atomic E-state index is 13.1. The van der Waals surface area contributed by atoms with E-state index >= 15 is 0 Å². The van der Waals surface area contributed by atoms with Crippen molar-refractivity contribution in [1.29, 1.82) is 0 Å². The molecule has 0 radical (unpaired) electrons. The van der Waals surface area contributed by atoms with Crippen LogP contribution in [0, 0.1) is 11.8 Å². The number of anilines is 1. The number of primary amides is 1. The summed E-state index contributed by atoms with van der Waals surface area (Å²) in [6, 6.07) is 3.97. The number of urea groups is 1. The topological polar surface area (TPSA) is 313 Å². The Morgan fingerprint density at radius 1 is 0.943 bits per heavy atom. The third kappa shape index (κ3) is 19.1. The summed E-state index contributed by atoms with van der Waals surface area (Å²) >= 11 is 0. The second-order valence-electron chi connectivity index (χ2n) is 18.7. The van der Waals surface area contributed by atoms with Crippen LogP contribution in [0.4, 0.5) is 15.3 Å². The molecule has 3 saturated heterocycles. The quantitative estimate of drug-likeness (QED) is 0.0236. The van der Waals surface area contributed by atoms with E-state index in [1.165, 1.54) is 19.1 Å². The fraction of sp³-hybridized carbons (Fsp3) is 0.612. The number of aliphatic hydroxyl groups excluding tert-OH is 1. The molecule has 1 spiro atoms. The minimum atomic E-state index is -0.924. The van der Waals surface area contributed by atoms with Gasteiger partial charge in [0.15, 0.2) is 0 Å². The lowest BCUT2D eigenvalue weighted by Crippen LogP contribution is -2.51. The summed E-state index contributed by atoms with van der Waals surface area (Å²) < 4.78 is 28.5. The van der Waals surface area contributed by atoms with E-state index in [9.17, 15) is 38.7 Å². The van der Waals surface area contributed by atoms with Crippen LogP contribution in [-0.2, 0) is 54.3 Å². The molecular formula is C49H74N8O13. The van der Waals surface area contributed by atoms with Crippen LogP contribution >= 0.6 is 0 Å². The molecule has 1 aromatic carbocycles. The van der Waals surface area contributed by atoms with Crippen LogP contribution < -0.4 is 43.4 Å². The Morgan fingerprint density at radius 3 is 2.30 bits per heavy atom. The standard InChI is InChI=1S/C49H74N8O13/c1-28(2)43(50)46(63)57-37(9-8-20-53-47(51)64)45(62)55-35-15-13-34(14-16-35)26-66-48(65)54-22-21-52-42(60)24-36-25-49(27-67-49)44(61)40(70-36)18-11-29(3)10-17-39-30(4)23-38(32(6)69-39)56-41(59)19-12-31(5)68-33(7)58/h10-16,18-19,28,30-32,36-40,43-44,61H,8-9,17,20-27,50H2,1-7H3,(H,52,60)(H,54,65)(H,55,62)(H,56,59)(H,57,63)(H3,51,53,64)/b18-11+,19-12-,29-10+/t30-,31-,32+,36+,37-,38+,39-,40+,43-,44+,49+/m0/s1. The van der Waals surface area contributed by atoms with Crippen LogP contribution in [0.5, 0.6) is 0 Å². The van der Waals surface area contributed by atoms with Crippen molar-refractivity contribution in [3.05, 3.63) is 65.8 Å². The number of esters is 1. The van der Waals surface area contributed by atoms with Crippen LogP contribution in [0.2, 0.25) is 0 Å². The SMILES string of the molecule is CC(=O)O[C@@H](C)/C=C\C(=O)N[C@@H]1C[C@H](C)[C@H](C/C=C(C)/C=C/[C@H]2O[C@H](CC(=O)NCCNC(=O)OCc3ccc(NC(=O)[C@H](CCCNC(N)=O)NC(=O)[C@@H](N)C(C)C)cc3)C[C@@]3(CO3)[C@@H]2O)O[C@@H]1C. The zero-order valence-corrected chi connectivity index (χ0v) is 41.3. The minimum absolute atomic E-state index is 0.0220. The van der Waals surface area contributed by atoms with Crippen molar-refractivity contribution in [2.75, 3.05) is 31.6 Å². The molecule has 21 heteroatoms. The fourth-order valence-electron chi connectivity index (χ4n) is 8.00. The van der Waals surface area contributed by atoms with Crippen molar-refractivity contribution in [2.24, 2.45) is 23.3 Å². The van der Waals surface area contributed by atoms with Crippen molar-refractivity contribution in [3.63, 3.8) is 0 Å². The van der Waals surface area contributed by atoms with Crippen molar-refractivity contribution >= 4 is 47.4 Å². The zero-order chi connectivity index (χ0) is 51.5. The van der Waals surface area contributed by atoms with Crippen molar-refractivity contribution in [3.8, 4) is 0 Å². The number of carbonyl (C=O) groups excluding carboxylic acids is 7. The molecule has 0 unspecified atom stereocenters. The van der Waals surface area contributed by atoms with Gasteiger partial charge in [0.05, 0.1) is 43.4 Å². The molecule has 11 atom stereocenters. The van der Waals surface area contributed by atoms with Crippen LogP contribution in [0.1, 0.15) is 92.6 Å². The zero-order valence-electron chi connectivity index (χ0n) is 41.3. The molecule has 3 heterocycles. The third-order valence-electron chi connectivity index (χ3n) is 12.3. The summed E-state index contributed by atoms with van der Waals surface area (Å²) in [6.07, 6.45) is 7.29. The van der Waals surface area contributed by atoms with Gasteiger partial charge in [-0.2, -0.15) is 0 Å². The fourth-order valence-corrected chi connectivity index (χ4v) is 8.00. The summed E-state index contributed by atoms with van der Waals surface area (Å²) in [7, 11) is 0. The number of hydrogen-bond acceptors (Lipinski definition) is 14. The molecular weight excluding hydrogens is 909 g/mol. The maximum absolute atomic E-state index is 13.1.